The zero-order valence-electron chi connectivity index (χ0n) is 16.0. The van der Waals surface area contributed by atoms with E-state index in [0.29, 0.717) is 36.5 Å². The number of Topliss-reactive ketones (excluding diaryl/α,β-unsaturated/α-hetero) is 1. The first-order valence-electron chi connectivity index (χ1n) is 9.48. The largest absolute Gasteiger partial charge is 0.488 e. The fourth-order valence-electron chi connectivity index (χ4n) is 3.75. The number of hydrogen-bond acceptors (Lipinski definition) is 5. The third kappa shape index (κ3) is 4.12. The predicted octanol–water partition coefficient (Wildman–Crippen LogP) is 5.45. The maximum absolute atomic E-state index is 12.7. The summed E-state index contributed by atoms with van der Waals surface area (Å²) >= 11 is 5.84. The SMILES string of the molecule is N#CC1=C(N)OC2=C(C(=O)CCC2)[C@@H]1c1ccc(OCc2ccc(I)cc2)c(Br)c1. The van der Waals surface area contributed by atoms with Crippen LogP contribution in [0.5, 0.6) is 5.75 Å². The highest BCUT2D eigenvalue weighted by molar-refractivity contribution is 14.1. The van der Waals surface area contributed by atoms with Crippen molar-refractivity contribution in [2.24, 2.45) is 5.73 Å². The summed E-state index contributed by atoms with van der Waals surface area (Å²) in [7, 11) is 0. The van der Waals surface area contributed by atoms with Crippen molar-refractivity contribution in [3.8, 4) is 11.8 Å². The molecule has 152 valence electrons. The number of rotatable bonds is 4. The maximum atomic E-state index is 12.7. The first-order chi connectivity index (χ1) is 14.5. The van der Waals surface area contributed by atoms with Crippen LogP contribution in [0.15, 0.2) is 69.7 Å². The lowest BCUT2D eigenvalue weighted by atomic mass is 9.77. The number of nitrogens with two attached hydrogens (primary N) is 1. The molecule has 2 aromatic carbocycles. The van der Waals surface area contributed by atoms with E-state index >= 15 is 0 Å². The van der Waals surface area contributed by atoms with Gasteiger partial charge < -0.3 is 15.2 Å². The molecule has 0 amide bonds. The van der Waals surface area contributed by atoms with Gasteiger partial charge in [-0.15, -0.1) is 0 Å². The van der Waals surface area contributed by atoms with Gasteiger partial charge in [0.05, 0.1) is 10.4 Å². The minimum absolute atomic E-state index is 0.0108. The first kappa shape index (κ1) is 20.9. The second-order valence-electron chi connectivity index (χ2n) is 7.14. The second-order valence-corrected chi connectivity index (χ2v) is 9.24. The summed E-state index contributed by atoms with van der Waals surface area (Å²) in [5, 5.41) is 9.68. The van der Waals surface area contributed by atoms with Crippen molar-refractivity contribution in [3.63, 3.8) is 0 Å². The average Bonchev–Trinajstić information content (AvgIpc) is 2.73. The molecule has 0 fully saturated rings. The van der Waals surface area contributed by atoms with Gasteiger partial charge in [-0.25, -0.2) is 0 Å². The van der Waals surface area contributed by atoms with Crippen molar-refractivity contribution in [3.05, 3.63) is 84.4 Å². The Bertz CT molecular complexity index is 1120. The normalized spacial score (nSPS) is 18.6. The number of allylic oxidation sites excluding steroid dienone is 3. The molecule has 0 unspecified atom stereocenters. The van der Waals surface area contributed by atoms with Crippen molar-refractivity contribution in [2.45, 2.75) is 31.8 Å². The molecule has 30 heavy (non-hydrogen) atoms. The predicted molar refractivity (Wildman–Crippen MR) is 124 cm³/mol. The molecule has 2 aromatic rings. The molecule has 0 saturated heterocycles. The van der Waals surface area contributed by atoms with E-state index < -0.39 is 5.92 Å². The Morgan fingerprint density at radius 1 is 1.23 bits per heavy atom. The molecule has 1 atom stereocenters. The number of carbonyl (C=O) groups is 1. The van der Waals surface area contributed by atoms with Gasteiger partial charge in [0.1, 0.15) is 29.8 Å². The molecular formula is C23H18BrIN2O3. The van der Waals surface area contributed by atoms with Crippen molar-refractivity contribution < 1.29 is 14.3 Å². The molecule has 7 heteroatoms. The fraction of sp³-hybridized carbons (Fsp3) is 0.217. The third-order valence-corrected chi connectivity index (χ3v) is 6.54. The highest BCUT2D eigenvalue weighted by Gasteiger charge is 2.38. The zero-order chi connectivity index (χ0) is 21.3. The summed E-state index contributed by atoms with van der Waals surface area (Å²) in [5.74, 6) is 0.836. The summed E-state index contributed by atoms with van der Waals surface area (Å²) < 4.78 is 13.5. The molecule has 4 rings (SSSR count). The van der Waals surface area contributed by atoms with Crippen LogP contribution in [0, 0.1) is 14.9 Å². The Balaban J connectivity index is 1.64. The molecule has 0 saturated carbocycles. The van der Waals surface area contributed by atoms with Crippen LogP contribution in [0.2, 0.25) is 0 Å². The van der Waals surface area contributed by atoms with Crippen LogP contribution in [0.1, 0.15) is 36.3 Å². The van der Waals surface area contributed by atoms with E-state index in [-0.39, 0.29) is 17.2 Å². The van der Waals surface area contributed by atoms with Gasteiger partial charge in [-0.2, -0.15) is 5.26 Å². The molecule has 1 aliphatic carbocycles. The van der Waals surface area contributed by atoms with E-state index in [1.54, 1.807) is 0 Å². The number of ether oxygens (including phenoxy) is 2. The number of ketones is 1. The summed E-state index contributed by atoms with van der Waals surface area (Å²) in [5.41, 5.74) is 8.70. The Morgan fingerprint density at radius 3 is 2.70 bits per heavy atom. The molecular weight excluding hydrogens is 559 g/mol. The second kappa shape index (κ2) is 8.82. The summed E-state index contributed by atoms with van der Waals surface area (Å²) in [4.78, 5) is 12.7. The highest BCUT2D eigenvalue weighted by atomic mass is 127. The number of halogens is 2. The number of nitrogens with zero attached hydrogens (tertiary/aromatic N) is 1. The van der Waals surface area contributed by atoms with Gasteiger partial charge >= 0.3 is 0 Å². The summed E-state index contributed by atoms with van der Waals surface area (Å²) in [6.07, 6.45) is 1.83. The van der Waals surface area contributed by atoms with Gasteiger partial charge in [-0.3, -0.25) is 4.79 Å². The smallest absolute Gasteiger partial charge is 0.205 e. The van der Waals surface area contributed by atoms with E-state index in [0.717, 1.165) is 22.0 Å². The Morgan fingerprint density at radius 2 is 2.00 bits per heavy atom. The maximum Gasteiger partial charge on any atom is 0.205 e. The molecule has 2 aliphatic rings. The first-order valence-corrected chi connectivity index (χ1v) is 11.4. The lowest BCUT2D eigenvalue weighted by Crippen LogP contribution is -2.27. The molecule has 0 bridgehead atoms. The average molecular weight is 577 g/mol. The molecule has 0 aromatic heterocycles. The Kier molecular flexibility index (Phi) is 6.16. The van der Waals surface area contributed by atoms with Crippen molar-refractivity contribution in [1.82, 2.24) is 0 Å². The van der Waals surface area contributed by atoms with E-state index in [4.69, 9.17) is 15.2 Å². The topological polar surface area (TPSA) is 85.3 Å². The lowest BCUT2D eigenvalue weighted by Gasteiger charge is -2.31. The fourth-order valence-corrected chi connectivity index (χ4v) is 4.62. The lowest BCUT2D eigenvalue weighted by molar-refractivity contribution is -0.116. The summed E-state index contributed by atoms with van der Waals surface area (Å²) in [6, 6.07) is 15.9. The van der Waals surface area contributed by atoms with Crippen molar-refractivity contribution in [1.29, 1.82) is 5.26 Å². The standard InChI is InChI=1S/C23H18BrIN2O3/c24-17-10-14(6-9-19(17)29-12-13-4-7-15(25)8-5-13)21-16(11-26)23(27)30-20-3-1-2-18(28)22(20)21/h4-10,21H,1-3,12,27H2/t21-/m1/s1. The monoisotopic (exact) mass is 576 g/mol. The van der Waals surface area contributed by atoms with Crippen LogP contribution >= 0.6 is 38.5 Å². The Hall–Kier alpha value is -2.31. The van der Waals surface area contributed by atoms with Crippen LogP contribution < -0.4 is 10.5 Å². The quantitative estimate of drug-likeness (QED) is 0.489. The van der Waals surface area contributed by atoms with Crippen LogP contribution in [-0.4, -0.2) is 5.78 Å². The number of carbonyl (C=O) groups excluding carboxylic acids is 1. The van der Waals surface area contributed by atoms with E-state index in [1.807, 2.05) is 42.5 Å². The zero-order valence-corrected chi connectivity index (χ0v) is 19.7. The van der Waals surface area contributed by atoms with Gasteiger partial charge in [0.25, 0.3) is 0 Å². The van der Waals surface area contributed by atoms with Crippen LogP contribution in [0.3, 0.4) is 0 Å². The van der Waals surface area contributed by atoms with Crippen LogP contribution in [0.4, 0.5) is 0 Å². The van der Waals surface area contributed by atoms with Gasteiger partial charge in [0.2, 0.25) is 5.88 Å². The molecule has 0 radical (unpaired) electrons. The number of benzene rings is 2. The van der Waals surface area contributed by atoms with Gasteiger partial charge in [-0.05, 0) is 80.3 Å². The minimum atomic E-state index is -0.520. The Labute approximate surface area is 196 Å². The van der Waals surface area contributed by atoms with Crippen molar-refractivity contribution >= 4 is 44.3 Å². The van der Waals surface area contributed by atoms with Gasteiger partial charge in [0, 0.05) is 22.0 Å². The third-order valence-electron chi connectivity index (χ3n) is 5.20. The van der Waals surface area contributed by atoms with Gasteiger partial charge in [-0.1, -0.05) is 18.2 Å². The molecule has 0 spiro atoms. The summed E-state index contributed by atoms with van der Waals surface area (Å²) in [6.45, 7) is 0.441. The molecule has 1 aliphatic heterocycles. The van der Waals surface area contributed by atoms with E-state index in [9.17, 15) is 10.1 Å². The molecule has 5 nitrogen and oxygen atoms in total. The highest BCUT2D eigenvalue weighted by Crippen LogP contribution is 2.44. The van der Waals surface area contributed by atoms with E-state index in [2.05, 4.69) is 44.6 Å². The van der Waals surface area contributed by atoms with Gasteiger partial charge in [0.15, 0.2) is 5.78 Å². The molecule has 1 heterocycles. The van der Waals surface area contributed by atoms with Crippen LogP contribution in [0.25, 0.3) is 0 Å². The number of hydrogen-bond donors (Lipinski definition) is 1. The van der Waals surface area contributed by atoms with Crippen LogP contribution in [-0.2, 0) is 16.1 Å². The van der Waals surface area contributed by atoms with Crippen molar-refractivity contribution in [2.75, 3.05) is 0 Å². The van der Waals surface area contributed by atoms with E-state index in [1.165, 1.54) is 3.57 Å². The molecule has 2 N–H and O–H groups in total. The number of nitriles is 1. The minimum Gasteiger partial charge on any atom is -0.488 e.